The Hall–Kier alpha value is -1.96. The van der Waals surface area contributed by atoms with Crippen molar-refractivity contribution in [2.45, 2.75) is 37.1 Å². The summed E-state index contributed by atoms with van der Waals surface area (Å²) in [5.74, 6) is 0.675. The maximum absolute atomic E-state index is 12.9. The summed E-state index contributed by atoms with van der Waals surface area (Å²) in [5.41, 5.74) is -2.01. The van der Waals surface area contributed by atoms with Gasteiger partial charge < -0.3 is 20.1 Å². The zero-order valence-electron chi connectivity index (χ0n) is 13.0. The Morgan fingerprint density at radius 3 is 2.83 bits per heavy atom. The van der Waals surface area contributed by atoms with Crippen LogP contribution in [0.2, 0.25) is 0 Å². The number of fused-ring (bicyclic) bond motifs is 1. The Bertz CT molecular complexity index is 623. The van der Waals surface area contributed by atoms with Crippen molar-refractivity contribution in [3.8, 4) is 5.75 Å². The van der Waals surface area contributed by atoms with E-state index in [0.29, 0.717) is 18.8 Å². The monoisotopic (exact) mass is 344 g/mol. The molecule has 0 aliphatic carbocycles. The van der Waals surface area contributed by atoms with Crippen LogP contribution in [0.25, 0.3) is 0 Å². The molecule has 132 valence electrons. The molecule has 2 amide bonds. The van der Waals surface area contributed by atoms with Crippen LogP contribution in [-0.4, -0.2) is 47.5 Å². The summed E-state index contributed by atoms with van der Waals surface area (Å²) in [5, 5.41) is 12.5. The average molecular weight is 344 g/mol. The van der Waals surface area contributed by atoms with Crippen molar-refractivity contribution in [3.05, 3.63) is 29.8 Å². The molecule has 3 rings (SSSR count). The molecule has 24 heavy (non-hydrogen) atoms. The van der Waals surface area contributed by atoms with Gasteiger partial charge in [0.1, 0.15) is 5.75 Å². The fourth-order valence-electron chi connectivity index (χ4n) is 3.11. The number of alkyl halides is 3. The normalized spacial score (nSPS) is 27.2. The van der Waals surface area contributed by atoms with E-state index in [1.807, 2.05) is 18.2 Å². The molecule has 1 aromatic carbocycles. The molecule has 2 aliphatic rings. The average Bonchev–Trinajstić information content (AvgIpc) is 2.83. The van der Waals surface area contributed by atoms with Crippen molar-refractivity contribution in [1.29, 1.82) is 0 Å². The number of likely N-dealkylation sites (tertiary alicyclic amines) is 1. The Morgan fingerprint density at radius 2 is 2.12 bits per heavy atom. The Morgan fingerprint density at radius 1 is 1.38 bits per heavy atom. The minimum atomic E-state index is -4.75. The van der Waals surface area contributed by atoms with Crippen LogP contribution in [-0.2, 0) is 0 Å². The van der Waals surface area contributed by atoms with E-state index in [1.54, 1.807) is 6.07 Å². The Kier molecular flexibility index (Phi) is 4.33. The summed E-state index contributed by atoms with van der Waals surface area (Å²) >= 11 is 0. The summed E-state index contributed by atoms with van der Waals surface area (Å²) in [6.07, 6.45) is -3.88. The number of carbonyl (C=O) groups excluding carboxylic acids is 1. The lowest BCUT2D eigenvalue weighted by Crippen LogP contribution is -2.49. The second-order valence-corrected chi connectivity index (χ2v) is 6.23. The highest BCUT2D eigenvalue weighted by atomic mass is 19.4. The Balaban J connectivity index is 1.70. The summed E-state index contributed by atoms with van der Waals surface area (Å²) in [4.78, 5) is 13.4. The van der Waals surface area contributed by atoms with Crippen LogP contribution in [0.5, 0.6) is 5.75 Å². The number of rotatable bonds is 1. The van der Waals surface area contributed by atoms with E-state index in [9.17, 15) is 23.1 Å². The quantitative estimate of drug-likeness (QED) is 0.823. The van der Waals surface area contributed by atoms with Crippen LogP contribution in [0.15, 0.2) is 24.3 Å². The van der Waals surface area contributed by atoms with Gasteiger partial charge in [-0.05, 0) is 18.9 Å². The molecule has 8 heteroatoms. The number of carbonyl (C=O) groups is 1. The lowest BCUT2D eigenvalue weighted by atomic mass is 10.0. The molecule has 0 spiro atoms. The second kappa shape index (κ2) is 6.16. The highest BCUT2D eigenvalue weighted by Gasteiger charge is 2.57. The predicted octanol–water partition coefficient (Wildman–Crippen LogP) is 2.61. The number of urea groups is 1. The number of para-hydroxylation sites is 1. The first-order chi connectivity index (χ1) is 11.3. The lowest BCUT2D eigenvalue weighted by molar-refractivity contribution is -0.253. The van der Waals surface area contributed by atoms with Crippen LogP contribution in [0.3, 0.4) is 0 Å². The standard InChI is InChI=1S/C16H19F3N2O3/c17-16(18,19)15(23)7-8-21(10-15)14(22)20-12-5-3-9-24-13-6-2-1-4-11(12)13/h1-2,4,6,12,23H,3,5,7-10H2,(H,20,22)/t12-,15+/m0/s1. The first-order valence-electron chi connectivity index (χ1n) is 7.86. The molecule has 2 atom stereocenters. The molecule has 2 N–H and O–H groups in total. The van der Waals surface area contributed by atoms with E-state index in [4.69, 9.17) is 4.74 Å². The molecule has 2 heterocycles. The molecule has 1 saturated heterocycles. The van der Waals surface area contributed by atoms with Crippen LogP contribution in [0.1, 0.15) is 30.9 Å². The molecule has 1 aromatic rings. The molecule has 1 fully saturated rings. The van der Waals surface area contributed by atoms with Crippen molar-refractivity contribution >= 4 is 6.03 Å². The van der Waals surface area contributed by atoms with Gasteiger partial charge in [-0.3, -0.25) is 0 Å². The molecule has 2 aliphatic heterocycles. The topological polar surface area (TPSA) is 61.8 Å². The molecule has 0 saturated carbocycles. The van der Waals surface area contributed by atoms with Gasteiger partial charge in [0.2, 0.25) is 0 Å². The highest BCUT2D eigenvalue weighted by molar-refractivity contribution is 5.75. The number of β-amino-alcohol motifs (C(OH)–C–C–N with tert-alkyl or cyclic N) is 1. The molecule has 5 nitrogen and oxygen atoms in total. The molecular formula is C16H19F3N2O3. The minimum Gasteiger partial charge on any atom is -0.493 e. The van der Waals surface area contributed by atoms with Crippen LogP contribution in [0.4, 0.5) is 18.0 Å². The number of aliphatic hydroxyl groups is 1. The second-order valence-electron chi connectivity index (χ2n) is 6.23. The van der Waals surface area contributed by atoms with Gasteiger partial charge >= 0.3 is 12.2 Å². The number of amides is 2. The van der Waals surface area contributed by atoms with E-state index in [-0.39, 0.29) is 12.6 Å². The highest BCUT2D eigenvalue weighted by Crippen LogP contribution is 2.38. The Labute approximate surface area is 137 Å². The summed E-state index contributed by atoms with van der Waals surface area (Å²) in [7, 11) is 0. The fraction of sp³-hybridized carbons (Fsp3) is 0.562. The zero-order valence-corrected chi connectivity index (χ0v) is 13.0. The molecule has 0 aromatic heterocycles. The third-order valence-electron chi connectivity index (χ3n) is 4.55. The number of nitrogens with one attached hydrogen (secondary N) is 1. The summed E-state index contributed by atoms with van der Waals surface area (Å²) < 4.78 is 44.2. The van der Waals surface area contributed by atoms with E-state index in [1.165, 1.54) is 0 Å². The molecule has 0 radical (unpaired) electrons. The SMILES string of the molecule is O=C(N[C@H]1CCCOc2ccccc21)N1CC[C@](O)(C(F)(F)F)C1. The van der Waals surface area contributed by atoms with Crippen LogP contribution in [0, 0.1) is 0 Å². The first-order valence-corrected chi connectivity index (χ1v) is 7.86. The van der Waals surface area contributed by atoms with Gasteiger partial charge in [-0.2, -0.15) is 13.2 Å². The van der Waals surface area contributed by atoms with Crippen molar-refractivity contribution in [2.24, 2.45) is 0 Å². The van der Waals surface area contributed by atoms with Gasteiger partial charge in [0, 0.05) is 18.5 Å². The fourth-order valence-corrected chi connectivity index (χ4v) is 3.11. The number of nitrogens with zero attached hydrogens (tertiary/aromatic N) is 1. The van der Waals surface area contributed by atoms with Crippen molar-refractivity contribution in [1.82, 2.24) is 10.2 Å². The molecule has 0 bridgehead atoms. The van der Waals surface area contributed by atoms with Crippen molar-refractivity contribution in [3.63, 3.8) is 0 Å². The van der Waals surface area contributed by atoms with Gasteiger partial charge in [-0.1, -0.05) is 18.2 Å². The van der Waals surface area contributed by atoms with E-state index < -0.39 is 30.8 Å². The maximum atomic E-state index is 12.9. The van der Waals surface area contributed by atoms with Gasteiger partial charge in [0.25, 0.3) is 0 Å². The number of ether oxygens (including phenoxy) is 1. The number of hydrogen-bond donors (Lipinski definition) is 2. The van der Waals surface area contributed by atoms with Gasteiger partial charge in [-0.15, -0.1) is 0 Å². The van der Waals surface area contributed by atoms with Gasteiger partial charge in [-0.25, -0.2) is 4.79 Å². The zero-order chi connectivity index (χ0) is 17.4. The van der Waals surface area contributed by atoms with Crippen LogP contribution < -0.4 is 10.1 Å². The van der Waals surface area contributed by atoms with Crippen molar-refractivity contribution < 1.29 is 27.8 Å². The smallest absolute Gasteiger partial charge is 0.419 e. The van der Waals surface area contributed by atoms with E-state index in [2.05, 4.69) is 5.32 Å². The number of hydrogen-bond acceptors (Lipinski definition) is 3. The lowest BCUT2D eigenvalue weighted by Gasteiger charge is -2.27. The third kappa shape index (κ3) is 3.15. The molecular weight excluding hydrogens is 325 g/mol. The largest absolute Gasteiger partial charge is 0.493 e. The minimum absolute atomic E-state index is 0.132. The van der Waals surface area contributed by atoms with Crippen LogP contribution >= 0.6 is 0 Å². The molecule has 0 unspecified atom stereocenters. The van der Waals surface area contributed by atoms with Crippen molar-refractivity contribution in [2.75, 3.05) is 19.7 Å². The third-order valence-corrected chi connectivity index (χ3v) is 4.55. The number of benzene rings is 1. The maximum Gasteiger partial charge on any atom is 0.419 e. The summed E-state index contributed by atoms with van der Waals surface area (Å²) in [6, 6.07) is 6.37. The number of halogens is 3. The predicted molar refractivity (Wildman–Crippen MR) is 79.6 cm³/mol. The summed E-state index contributed by atoms with van der Waals surface area (Å²) in [6.45, 7) is -0.346. The van der Waals surface area contributed by atoms with Gasteiger partial charge in [0.15, 0.2) is 5.60 Å². The first kappa shape index (κ1) is 16.9. The van der Waals surface area contributed by atoms with E-state index in [0.717, 1.165) is 16.9 Å². The van der Waals surface area contributed by atoms with Gasteiger partial charge in [0.05, 0.1) is 19.2 Å². The van der Waals surface area contributed by atoms with E-state index >= 15 is 0 Å².